The molecule has 0 aromatic heterocycles. The second-order valence-corrected chi connectivity index (χ2v) is 8.84. The lowest BCUT2D eigenvalue weighted by Gasteiger charge is -2.30. The van der Waals surface area contributed by atoms with Gasteiger partial charge in [-0.05, 0) is 50.4 Å². The third-order valence-electron chi connectivity index (χ3n) is 4.68. The zero-order chi connectivity index (χ0) is 17.0. The topological polar surface area (TPSA) is 0 Å². The summed E-state index contributed by atoms with van der Waals surface area (Å²) in [6.45, 7) is 16.1. The predicted molar refractivity (Wildman–Crippen MR) is 104 cm³/mol. The number of benzene rings is 3. The summed E-state index contributed by atoms with van der Waals surface area (Å²) in [5, 5.41) is 5.64. The van der Waals surface area contributed by atoms with Crippen LogP contribution < -0.4 is 0 Å². The smallest absolute Gasteiger partial charge is 0.0120 e. The summed E-state index contributed by atoms with van der Waals surface area (Å²) in [7, 11) is 0. The third-order valence-corrected chi connectivity index (χ3v) is 4.68. The standard InChI is InChI=1S/C23H28/c1-15-12-13-18-19(14-15)21(23(5,6)7)17-11-9-8-10-16(17)20(18)22(2,3)4/h8-14H,1-7H3. The molecule has 0 heteroatoms. The van der Waals surface area contributed by atoms with Crippen LogP contribution in [-0.4, -0.2) is 0 Å². The second-order valence-electron chi connectivity index (χ2n) is 8.84. The molecule has 0 spiro atoms. The highest BCUT2D eigenvalue weighted by atomic mass is 14.3. The summed E-state index contributed by atoms with van der Waals surface area (Å²) >= 11 is 0. The van der Waals surface area contributed by atoms with Crippen LogP contribution in [-0.2, 0) is 10.8 Å². The number of fused-ring (bicyclic) bond motifs is 2. The molecular formula is C23H28. The first-order valence-electron chi connectivity index (χ1n) is 8.57. The first-order valence-corrected chi connectivity index (χ1v) is 8.57. The van der Waals surface area contributed by atoms with Gasteiger partial charge in [-0.25, -0.2) is 0 Å². The van der Waals surface area contributed by atoms with Crippen molar-refractivity contribution < 1.29 is 0 Å². The average molecular weight is 304 g/mol. The maximum absolute atomic E-state index is 2.37. The van der Waals surface area contributed by atoms with E-state index >= 15 is 0 Å². The summed E-state index contributed by atoms with van der Waals surface area (Å²) < 4.78 is 0. The molecular weight excluding hydrogens is 276 g/mol. The Labute approximate surface area is 140 Å². The first kappa shape index (κ1) is 16.1. The van der Waals surface area contributed by atoms with Gasteiger partial charge in [0, 0.05) is 0 Å². The van der Waals surface area contributed by atoms with Crippen molar-refractivity contribution in [3.63, 3.8) is 0 Å². The van der Waals surface area contributed by atoms with E-state index in [1.807, 2.05) is 0 Å². The van der Waals surface area contributed by atoms with Gasteiger partial charge in [0.05, 0.1) is 0 Å². The Morgan fingerprint density at radius 2 is 1.00 bits per heavy atom. The van der Waals surface area contributed by atoms with Crippen LogP contribution in [0.3, 0.4) is 0 Å². The van der Waals surface area contributed by atoms with E-state index < -0.39 is 0 Å². The van der Waals surface area contributed by atoms with Crippen molar-refractivity contribution in [1.29, 1.82) is 0 Å². The molecule has 0 aliphatic rings. The number of aryl methyl sites for hydroxylation is 1. The highest BCUT2D eigenvalue weighted by Crippen LogP contribution is 2.43. The molecule has 0 aliphatic heterocycles. The van der Waals surface area contributed by atoms with E-state index in [2.05, 4.69) is 90.9 Å². The number of hydrogen-bond donors (Lipinski definition) is 0. The van der Waals surface area contributed by atoms with Crippen molar-refractivity contribution in [2.75, 3.05) is 0 Å². The molecule has 3 rings (SSSR count). The van der Waals surface area contributed by atoms with Gasteiger partial charge in [-0.2, -0.15) is 0 Å². The minimum atomic E-state index is 0.113. The van der Waals surface area contributed by atoms with Crippen LogP contribution in [0.15, 0.2) is 42.5 Å². The molecule has 120 valence electrons. The number of rotatable bonds is 0. The zero-order valence-electron chi connectivity index (χ0n) is 15.5. The summed E-state index contributed by atoms with van der Waals surface area (Å²) in [6.07, 6.45) is 0. The van der Waals surface area contributed by atoms with Gasteiger partial charge in [0.25, 0.3) is 0 Å². The van der Waals surface area contributed by atoms with Crippen LogP contribution in [0, 0.1) is 6.92 Å². The van der Waals surface area contributed by atoms with Gasteiger partial charge in [0.15, 0.2) is 0 Å². The number of hydrogen-bond acceptors (Lipinski definition) is 0. The molecule has 0 fully saturated rings. The van der Waals surface area contributed by atoms with Crippen molar-refractivity contribution in [2.24, 2.45) is 0 Å². The highest BCUT2D eigenvalue weighted by Gasteiger charge is 2.26. The highest BCUT2D eigenvalue weighted by molar-refractivity contribution is 6.07. The molecule has 0 heterocycles. The Morgan fingerprint density at radius 1 is 0.565 bits per heavy atom. The molecule has 3 aromatic rings. The van der Waals surface area contributed by atoms with E-state index in [1.54, 1.807) is 0 Å². The van der Waals surface area contributed by atoms with Crippen LogP contribution >= 0.6 is 0 Å². The molecule has 0 radical (unpaired) electrons. The second kappa shape index (κ2) is 5.09. The van der Waals surface area contributed by atoms with Gasteiger partial charge in [0.1, 0.15) is 0 Å². The van der Waals surface area contributed by atoms with E-state index in [0.29, 0.717) is 0 Å². The van der Waals surface area contributed by atoms with Crippen LogP contribution in [0.25, 0.3) is 21.5 Å². The Hall–Kier alpha value is -1.82. The normalized spacial score (nSPS) is 13.0. The zero-order valence-corrected chi connectivity index (χ0v) is 15.5. The fourth-order valence-electron chi connectivity index (χ4n) is 3.91. The minimum absolute atomic E-state index is 0.113. The van der Waals surface area contributed by atoms with E-state index in [0.717, 1.165) is 0 Å². The van der Waals surface area contributed by atoms with Gasteiger partial charge in [-0.3, -0.25) is 0 Å². The summed E-state index contributed by atoms with van der Waals surface area (Å²) in [4.78, 5) is 0. The monoisotopic (exact) mass is 304 g/mol. The molecule has 0 N–H and O–H groups in total. The molecule has 0 nitrogen and oxygen atoms in total. The molecule has 0 amide bonds. The van der Waals surface area contributed by atoms with Crippen molar-refractivity contribution in [1.82, 2.24) is 0 Å². The maximum Gasteiger partial charge on any atom is -0.0120 e. The van der Waals surface area contributed by atoms with Gasteiger partial charge in [-0.15, -0.1) is 0 Å². The van der Waals surface area contributed by atoms with E-state index in [4.69, 9.17) is 0 Å². The molecule has 0 bridgehead atoms. The Kier molecular flexibility index (Phi) is 3.55. The van der Waals surface area contributed by atoms with Crippen molar-refractivity contribution in [3.05, 3.63) is 59.2 Å². The van der Waals surface area contributed by atoms with Crippen LogP contribution in [0.1, 0.15) is 58.2 Å². The molecule has 3 aromatic carbocycles. The maximum atomic E-state index is 2.37. The molecule has 0 unspecified atom stereocenters. The Morgan fingerprint density at radius 3 is 1.48 bits per heavy atom. The lowest BCUT2D eigenvalue weighted by Crippen LogP contribution is -2.17. The van der Waals surface area contributed by atoms with E-state index in [9.17, 15) is 0 Å². The summed E-state index contributed by atoms with van der Waals surface area (Å²) in [5.74, 6) is 0. The van der Waals surface area contributed by atoms with E-state index in [1.165, 1.54) is 38.2 Å². The summed E-state index contributed by atoms with van der Waals surface area (Å²) in [5.41, 5.74) is 4.50. The van der Waals surface area contributed by atoms with Gasteiger partial charge in [0.2, 0.25) is 0 Å². The molecule has 0 saturated carbocycles. The average Bonchev–Trinajstić information content (AvgIpc) is 2.41. The lowest BCUT2D eigenvalue weighted by atomic mass is 9.74. The first-order chi connectivity index (χ1) is 10.6. The van der Waals surface area contributed by atoms with Gasteiger partial charge < -0.3 is 0 Å². The quantitative estimate of drug-likeness (QED) is 0.396. The van der Waals surface area contributed by atoms with Crippen molar-refractivity contribution in [2.45, 2.75) is 59.3 Å². The van der Waals surface area contributed by atoms with E-state index in [-0.39, 0.29) is 10.8 Å². The van der Waals surface area contributed by atoms with Crippen LogP contribution in [0.4, 0.5) is 0 Å². The van der Waals surface area contributed by atoms with Crippen LogP contribution in [0.5, 0.6) is 0 Å². The Bertz CT molecular complexity index is 884. The van der Waals surface area contributed by atoms with Gasteiger partial charge in [-0.1, -0.05) is 89.6 Å². The fraction of sp³-hybridized carbons (Fsp3) is 0.391. The van der Waals surface area contributed by atoms with Crippen molar-refractivity contribution >= 4 is 21.5 Å². The summed E-state index contributed by atoms with van der Waals surface area (Å²) in [6, 6.07) is 15.9. The fourth-order valence-corrected chi connectivity index (χ4v) is 3.91. The molecule has 23 heavy (non-hydrogen) atoms. The third kappa shape index (κ3) is 2.65. The molecule has 0 aliphatic carbocycles. The van der Waals surface area contributed by atoms with Gasteiger partial charge >= 0.3 is 0 Å². The molecule has 0 saturated heterocycles. The lowest BCUT2D eigenvalue weighted by molar-refractivity contribution is 0.593. The molecule has 0 atom stereocenters. The van der Waals surface area contributed by atoms with Crippen molar-refractivity contribution in [3.8, 4) is 0 Å². The minimum Gasteiger partial charge on any atom is -0.0616 e. The van der Waals surface area contributed by atoms with Crippen LogP contribution in [0.2, 0.25) is 0 Å². The predicted octanol–water partition coefficient (Wildman–Crippen LogP) is 6.90. The largest absolute Gasteiger partial charge is 0.0616 e. The SMILES string of the molecule is Cc1ccc2c(C(C)(C)C)c3ccccc3c(C(C)(C)C)c2c1. The Balaban J connectivity index is 2.68.